The quantitative estimate of drug-likeness (QED) is 0.591. The molecule has 7 nitrogen and oxygen atoms in total. The van der Waals surface area contributed by atoms with Gasteiger partial charge in [0, 0.05) is 48.2 Å². The number of carbonyl (C=O) groups excluding carboxylic acids is 2. The maximum atomic E-state index is 13.4. The summed E-state index contributed by atoms with van der Waals surface area (Å²) in [6.07, 6.45) is 4.27. The van der Waals surface area contributed by atoms with Gasteiger partial charge in [-0.2, -0.15) is 4.31 Å². The molecule has 1 saturated heterocycles. The van der Waals surface area contributed by atoms with Crippen LogP contribution in [0.25, 0.3) is 0 Å². The molecule has 0 radical (unpaired) electrons. The molecule has 0 unspecified atom stereocenters. The fourth-order valence-corrected chi connectivity index (χ4v) is 6.91. The number of piperidine rings is 1. The Hall–Kier alpha value is -2.42. The zero-order chi connectivity index (χ0) is 25.4. The van der Waals surface area contributed by atoms with Crippen molar-refractivity contribution in [3.8, 4) is 0 Å². The summed E-state index contributed by atoms with van der Waals surface area (Å²) in [7, 11) is -3.66. The van der Waals surface area contributed by atoms with Crippen molar-refractivity contribution >= 4 is 39.1 Å². The number of carbonyl (C=O) groups is 2. The first kappa shape index (κ1) is 25.2. The highest BCUT2D eigenvalue weighted by Crippen LogP contribution is 2.40. The minimum absolute atomic E-state index is 0.0204. The first-order valence-corrected chi connectivity index (χ1v) is 14.5. The number of hydrogen-bond acceptors (Lipinski definition) is 4. The maximum absolute atomic E-state index is 13.4. The second kappa shape index (κ2) is 10.1. The van der Waals surface area contributed by atoms with Gasteiger partial charge in [-0.05, 0) is 86.9 Å². The lowest BCUT2D eigenvalue weighted by atomic mass is 9.97. The minimum atomic E-state index is -3.66. The normalized spacial score (nSPS) is 20.8. The van der Waals surface area contributed by atoms with Crippen molar-refractivity contribution in [1.82, 2.24) is 9.62 Å². The third kappa shape index (κ3) is 5.17. The molecule has 9 heteroatoms. The third-order valence-corrected chi connectivity index (χ3v) is 9.67. The van der Waals surface area contributed by atoms with Crippen molar-refractivity contribution < 1.29 is 18.0 Å². The number of nitrogens with one attached hydrogen (secondary N) is 1. The van der Waals surface area contributed by atoms with E-state index in [1.165, 1.54) is 4.31 Å². The van der Waals surface area contributed by atoms with Crippen molar-refractivity contribution in [3.05, 3.63) is 58.6 Å². The summed E-state index contributed by atoms with van der Waals surface area (Å²) in [6.45, 7) is 3.18. The smallest absolute Gasteiger partial charge is 0.243 e. The molecule has 2 heterocycles. The summed E-state index contributed by atoms with van der Waals surface area (Å²) >= 11 is 5.91. The molecular weight excluding hydrogens is 498 g/mol. The molecule has 2 amide bonds. The van der Waals surface area contributed by atoms with Crippen LogP contribution in [0.5, 0.6) is 0 Å². The van der Waals surface area contributed by atoms with Crippen molar-refractivity contribution in [2.45, 2.75) is 56.4 Å². The van der Waals surface area contributed by atoms with Gasteiger partial charge in [0.25, 0.3) is 0 Å². The third-order valence-electron chi connectivity index (χ3n) is 7.52. The molecule has 0 bridgehead atoms. The highest BCUT2D eigenvalue weighted by Gasteiger charge is 2.40. The Labute approximate surface area is 217 Å². The summed E-state index contributed by atoms with van der Waals surface area (Å²) in [5.41, 5.74) is 2.85. The monoisotopic (exact) mass is 529 g/mol. The standard InChI is InChI=1S/C27H32ClN3O4S/c1-18-16-22-17-24(8-9-25(22)31(18)27(33)21-4-5-21)36(34,35)30-14-11-20(12-15-30)26(32)29-13-10-19-2-6-23(28)7-3-19/h2-3,6-9,17-18,20-21H,4-5,10-16H2,1H3,(H,29,32)/t18-/m1/s1. The molecule has 1 aliphatic carbocycles. The Kier molecular flexibility index (Phi) is 7.12. The fraction of sp³-hybridized carbons (Fsp3) is 0.481. The molecule has 1 atom stereocenters. The number of amides is 2. The van der Waals surface area contributed by atoms with Crippen LogP contribution >= 0.6 is 11.6 Å². The van der Waals surface area contributed by atoms with Gasteiger partial charge in [0.05, 0.1) is 4.90 Å². The number of hydrogen-bond donors (Lipinski definition) is 1. The summed E-state index contributed by atoms with van der Waals surface area (Å²) in [4.78, 5) is 27.5. The number of rotatable bonds is 7. The number of benzene rings is 2. The highest BCUT2D eigenvalue weighted by atomic mass is 35.5. The number of nitrogens with zero attached hydrogens (tertiary/aromatic N) is 2. The number of anilines is 1. The first-order valence-electron chi connectivity index (χ1n) is 12.7. The van der Waals surface area contributed by atoms with E-state index in [-0.39, 0.29) is 34.6 Å². The Morgan fingerprint density at radius 3 is 2.36 bits per heavy atom. The average molecular weight is 530 g/mol. The summed E-state index contributed by atoms with van der Waals surface area (Å²) < 4.78 is 28.2. The molecule has 1 N–H and O–H groups in total. The lowest BCUT2D eigenvalue weighted by Crippen LogP contribution is -2.43. The van der Waals surface area contributed by atoms with Gasteiger partial charge in [-0.25, -0.2) is 8.42 Å². The van der Waals surface area contributed by atoms with E-state index in [2.05, 4.69) is 5.32 Å². The highest BCUT2D eigenvalue weighted by molar-refractivity contribution is 7.89. The molecular formula is C27H32ClN3O4S. The molecule has 3 aliphatic rings. The van der Waals surface area contributed by atoms with Crippen molar-refractivity contribution in [2.75, 3.05) is 24.5 Å². The van der Waals surface area contributed by atoms with Crippen LogP contribution in [-0.4, -0.2) is 50.2 Å². The lowest BCUT2D eigenvalue weighted by molar-refractivity contribution is -0.126. The van der Waals surface area contributed by atoms with Crippen LogP contribution in [0, 0.1) is 11.8 Å². The van der Waals surface area contributed by atoms with Crippen LogP contribution < -0.4 is 10.2 Å². The Morgan fingerprint density at radius 2 is 1.69 bits per heavy atom. The average Bonchev–Trinajstić information content (AvgIpc) is 3.67. The van der Waals surface area contributed by atoms with E-state index in [9.17, 15) is 18.0 Å². The van der Waals surface area contributed by atoms with Gasteiger partial charge in [-0.15, -0.1) is 0 Å². The predicted octanol–water partition coefficient (Wildman–Crippen LogP) is 3.79. The molecule has 0 spiro atoms. The van der Waals surface area contributed by atoms with Crippen molar-refractivity contribution in [2.24, 2.45) is 11.8 Å². The van der Waals surface area contributed by atoms with E-state index in [1.807, 2.05) is 36.1 Å². The Balaban J connectivity index is 1.17. The van der Waals surface area contributed by atoms with E-state index < -0.39 is 10.0 Å². The van der Waals surface area contributed by atoms with Gasteiger partial charge in [-0.3, -0.25) is 9.59 Å². The SMILES string of the molecule is C[C@@H]1Cc2cc(S(=O)(=O)N3CCC(C(=O)NCCc4ccc(Cl)cc4)CC3)ccc2N1C(=O)C1CC1. The van der Waals surface area contributed by atoms with Crippen LogP contribution in [0.3, 0.4) is 0 Å². The van der Waals surface area contributed by atoms with E-state index in [0.717, 1.165) is 36.1 Å². The van der Waals surface area contributed by atoms with Crippen molar-refractivity contribution in [1.29, 1.82) is 0 Å². The molecule has 2 aliphatic heterocycles. The molecule has 2 fully saturated rings. The van der Waals surface area contributed by atoms with E-state index in [4.69, 9.17) is 11.6 Å². The van der Waals surface area contributed by atoms with Crippen LogP contribution in [0.4, 0.5) is 5.69 Å². The number of fused-ring (bicyclic) bond motifs is 1. The summed E-state index contributed by atoms with van der Waals surface area (Å²) in [5, 5.41) is 3.67. The molecule has 2 aromatic rings. The van der Waals surface area contributed by atoms with E-state index >= 15 is 0 Å². The lowest BCUT2D eigenvalue weighted by Gasteiger charge is -2.30. The minimum Gasteiger partial charge on any atom is -0.356 e. The zero-order valence-electron chi connectivity index (χ0n) is 20.5. The molecule has 36 heavy (non-hydrogen) atoms. The number of halogens is 1. The molecule has 1 saturated carbocycles. The van der Waals surface area contributed by atoms with Gasteiger partial charge in [0.2, 0.25) is 21.8 Å². The number of sulfonamides is 1. The van der Waals surface area contributed by atoms with Gasteiger partial charge < -0.3 is 10.2 Å². The van der Waals surface area contributed by atoms with Crippen LogP contribution in [0.2, 0.25) is 5.02 Å². The molecule has 5 rings (SSSR count). The topological polar surface area (TPSA) is 86.8 Å². The largest absolute Gasteiger partial charge is 0.356 e. The Bertz CT molecular complexity index is 1250. The fourth-order valence-electron chi connectivity index (χ4n) is 5.26. The van der Waals surface area contributed by atoms with Gasteiger partial charge in [0.1, 0.15) is 0 Å². The first-order chi connectivity index (χ1) is 17.2. The van der Waals surface area contributed by atoms with E-state index in [1.54, 1.807) is 18.2 Å². The van der Waals surface area contributed by atoms with Gasteiger partial charge >= 0.3 is 0 Å². The zero-order valence-corrected chi connectivity index (χ0v) is 22.0. The van der Waals surface area contributed by atoms with Gasteiger partial charge in [0.15, 0.2) is 0 Å². The van der Waals surface area contributed by atoms with Gasteiger partial charge in [-0.1, -0.05) is 23.7 Å². The van der Waals surface area contributed by atoms with Crippen LogP contribution in [0.15, 0.2) is 47.4 Å². The summed E-state index contributed by atoms with van der Waals surface area (Å²) in [5.74, 6) is 0.0700. The molecule has 0 aromatic heterocycles. The maximum Gasteiger partial charge on any atom is 0.243 e. The molecule has 2 aromatic carbocycles. The van der Waals surface area contributed by atoms with Crippen molar-refractivity contribution in [3.63, 3.8) is 0 Å². The van der Waals surface area contributed by atoms with E-state index in [0.29, 0.717) is 43.9 Å². The van der Waals surface area contributed by atoms with Crippen LogP contribution in [-0.2, 0) is 32.5 Å². The second-order valence-corrected chi connectivity index (χ2v) is 12.5. The Morgan fingerprint density at radius 1 is 1.00 bits per heavy atom. The predicted molar refractivity (Wildman–Crippen MR) is 139 cm³/mol. The van der Waals surface area contributed by atoms with Crippen LogP contribution in [0.1, 0.15) is 43.7 Å². The second-order valence-electron chi connectivity index (χ2n) is 10.2. The molecule has 192 valence electrons. The summed E-state index contributed by atoms with van der Waals surface area (Å²) in [6, 6.07) is 12.7.